The smallest absolute Gasteiger partial charge is 0.302 e. The van der Waals surface area contributed by atoms with E-state index >= 15 is 0 Å². The number of hydrogen-bond donors (Lipinski definition) is 1. The van der Waals surface area contributed by atoms with Gasteiger partial charge >= 0.3 is 11.9 Å². The predicted octanol–water partition coefficient (Wildman–Crippen LogP) is 2.40. The molecule has 2 aromatic heterocycles. The highest BCUT2D eigenvalue weighted by Crippen LogP contribution is 2.59. The van der Waals surface area contributed by atoms with Crippen molar-refractivity contribution in [1.82, 2.24) is 24.2 Å². The lowest BCUT2D eigenvalue weighted by molar-refractivity contribution is -0.137. The molecule has 1 aliphatic heterocycles. The first-order valence-corrected chi connectivity index (χ1v) is 10.5. The van der Waals surface area contributed by atoms with Gasteiger partial charge in [0.05, 0.1) is 5.56 Å². The van der Waals surface area contributed by atoms with Gasteiger partial charge in [0.15, 0.2) is 0 Å². The molecule has 168 valence electrons. The van der Waals surface area contributed by atoms with Gasteiger partial charge in [-0.1, -0.05) is 12.1 Å². The van der Waals surface area contributed by atoms with Crippen LogP contribution in [0.2, 0.25) is 0 Å². The summed E-state index contributed by atoms with van der Waals surface area (Å²) in [6, 6.07) is 7.26. The normalized spacial score (nSPS) is 22.8. The van der Waals surface area contributed by atoms with Gasteiger partial charge in [0.2, 0.25) is 0 Å². The Kier molecular flexibility index (Phi) is 4.85. The first-order chi connectivity index (χ1) is 15.3. The molecule has 3 aromatic rings. The fourth-order valence-corrected chi connectivity index (χ4v) is 4.90. The molecule has 7 nitrogen and oxygen atoms in total. The number of benzene rings is 1. The number of hydrogen-bond acceptors (Lipinski definition) is 4. The molecule has 1 aromatic carbocycles. The van der Waals surface area contributed by atoms with Gasteiger partial charge in [-0.05, 0) is 49.1 Å². The van der Waals surface area contributed by atoms with E-state index in [0.717, 1.165) is 31.6 Å². The van der Waals surface area contributed by atoms with Crippen LogP contribution >= 0.6 is 0 Å². The van der Waals surface area contributed by atoms with Crippen LogP contribution in [0.15, 0.2) is 58.5 Å². The fraction of sp³-hybridized carbons (Fsp3) is 0.409. The van der Waals surface area contributed by atoms with E-state index in [9.17, 15) is 22.8 Å². The quantitative estimate of drug-likeness (QED) is 0.632. The lowest BCUT2D eigenvalue weighted by atomic mass is 9.94. The molecule has 10 heteroatoms. The summed E-state index contributed by atoms with van der Waals surface area (Å²) >= 11 is 0. The molecule has 3 heterocycles. The van der Waals surface area contributed by atoms with Gasteiger partial charge in [0.1, 0.15) is 5.69 Å². The lowest BCUT2D eigenvalue weighted by Crippen LogP contribution is -2.33. The molecule has 2 aliphatic rings. The third kappa shape index (κ3) is 3.68. The van der Waals surface area contributed by atoms with E-state index in [4.69, 9.17) is 0 Å². The van der Waals surface area contributed by atoms with Gasteiger partial charge < -0.3 is 4.90 Å². The molecule has 32 heavy (non-hydrogen) atoms. The molecule has 0 spiro atoms. The molecule has 1 N–H and O–H groups in total. The Balaban J connectivity index is 1.21. The number of aromatic nitrogens is 4. The van der Waals surface area contributed by atoms with Crippen LogP contribution in [0.1, 0.15) is 24.0 Å². The molecule has 2 atom stereocenters. The standard InChI is InChI=1S/C22H22F3N5O2/c23-22(24,25)16-5-3-15(4-6-16)21-11-17(21)12-28(14-21)8-2-9-29-13-18(19(31)27-20(29)32)30-10-1-7-26-30/h1,3-7,10,13,17H,2,8-9,11-12,14H2,(H,27,31,32)/t17-,21+/m0/s1. The number of fused-ring (bicyclic) bond motifs is 1. The number of nitrogens with one attached hydrogen (secondary N) is 1. The predicted molar refractivity (Wildman–Crippen MR) is 111 cm³/mol. The monoisotopic (exact) mass is 445 g/mol. The Hall–Kier alpha value is -3.14. The summed E-state index contributed by atoms with van der Waals surface area (Å²) in [7, 11) is 0. The molecule has 0 radical (unpaired) electrons. The zero-order chi connectivity index (χ0) is 22.5. The van der Waals surface area contributed by atoms with Gasteiger partial charge in [-0.2, -0.15) is 18.3 Å². The van der Waals surface area contributed by atoms with E-state index in [-0.39, 0.29) is 11.1 Å². The van der Waals surface area contributed by atoms with Crippen LogP contribution in [0.25, 0.3) is 5.69 Å². The van der Waals surface area contributed by atoms with E-state index in [1.807, 2.05) is 0 Å². The number of aromatic amines is 1. The van der Waals surface area contributed by atoms with Gasteiger partial charge in [-0.15, -0.1) is 0 Å². The lowest BCUT2D eigenvalue weighted by Gasteiger charge is -2.21. The van der Waals surface area contributed by atoms with Crippen molar-refractivity contribution in [2.24, 2.45) is 5.92 Å². The molecule has 1 saturated heterocycles. The summed E-state index contributed by atoms with van der Waals surface area (Å²) in [4.78, 5) is 28.9. The average Bonchev–Trinajstić information content (AvgIpc) is 3.08. The number of likely N-dealkylation sites (tertiary alicyclic amines) is 1. The fourth-order valence-electron chi connectivity index (χ4n) is 4.90. The van der Waals surface area contributed by atoms with Crippen molar-refractivity contribution >= 4 is 0 Å². The molecule has 0 unspecified atom stereocenters. The molecule has 0 bridgehead atoms. The largest absolute Gasteiger partial charge is 0.416 e. The van der Waals surface area contributed by atoms with Crippen LogP contribution in [0, 0.1) is 5.92 Å². The summed E-state index contributed by atoms with van der Waals surface area (Å²) in [5.41, 5.74) is -0.376. The number of halogens is 3. The maximum atomic E-state index is 12.8. The molecule has 2 fully saturated rings. The highest BCUT2D eigenvalue weighted by atomic mass is 19.4. The SMILES string of the molecule is O=c1[nH]c(=O)n(CCCN2C[C@@H]3C[C@]3(c3ccc(C(F)(F)F)cc3)C2)cc1-n1cccn1. The van der Waals surface area contributed by atoms with Crippen molar-refractivity contribution in [3.63, 3.8) is 0 Å². The molecule has 5 rings (SSSR count). The van der Waals surface area contributed by atoms with E-state index in [2.05, 4.69) is 15.0 Å². The van der Waals surface area contributed by atoms with E-state index in [0.29, 0.717) is 18.9 Å². The summed E-state index contributed by atoms with van der Waals surface area (Å²) in [5.74, 6) is 0.460. The first kappa shape index (κ1) is 20.7. The zero-order valence-electron chi connectivity index (χ0n) is 17.2. The summed E-state index contributed by atoms with van der Waals surface area (Å²) in [5, 5.41) is 4.04. The van der Waals surface area contributed by atoms with Crippen LogP contribution < -0.4 is 11.2 Å². The van der Waals surface area contributed by atoms with Crippen molar-refractivity contribution in [2.45, 2.75) is 31.0 Å². The maximum absolute atomic E-state index is 12.8. The third-order valence-corrected chi connectivity index (χ3v) is 6.62. The third-order valence-electron chi connectivity index (χ3n) is 6.62. The summed E-state index contributed by atoms with van der Waals surface area (Å²) < 4.78 is 41.4. The highest BCUT2D eigenvalue weighted by Gasteiger charge is 2.60. The number of piperidine rings is 1. The van der Waals surface area contributed by atoms with Crippen molar-refractivity contribution in [3.05, 3.63) is 80.9 Å². The second kappa shape index (κ2) is 7.47. The summed E-state index contributed by atoms with van der Waals surface area (Å²) in [6.07, 6.45) is 2.09. The molecular weight excluding hydrogens is 423 g/mol. The van der Waals surface area contributed by atoms with Gasteiger partial charge in [0, 0.05) is 43.6 Å². The van der Waals surface area contributed by atoms with Crippen LogP contribution in [0.3, 0.4) is 0 Å². The van der Waals surface area contributed by atoms with Crippen LogP contribution in [-0.2, 0) is 18.1 Å². The second-order valence-electron chi connectivity index (χ2n) is 8.64. The Labute approximate surface area is 181 Å². The van der Waals surface area contributed by atoms with Crippen LogP contribution in [0.4, 0.5) is 13.2 Å². The Morgan fingerprint density at radius 2 is 1.94 bits per heavy atom. The molecular formula is C22H22F3N5O2. The van der Waals surface area contributed by atoms with Gasteiger partial charge in [-0.3, -0.25) is 14.3 Å². The van der Waals surface area contributed by atoms with Crippen LogP contribution in [-0.4, -0.2) is 43.9 Å². The second-order valence-corrected chi connectivity index (χ2v) is 8.64. The minimum absolute atomic E-state index is 0.0494. The van der Waals surface area contributed by atoms with Crippen molar-refractivity contribution < 1.29 is 13.2 Å². The minimum atomic E-state index is -4.32. The van der Waals surface area contributed by atoms with E-state index in [1.54, 1.807) is 30.6 Å². The molecule has 0 amide bonds. The van der Waals surface area contributed by atoms with Crippen molar-refractivity contribution in [1.29, 1.82) is 0 Å². The number of aryl methyl sites for hydroxylation is 1. The van der Waals surface area contributed by atoms with E-state index < -0.39 is 23.0 Å². The highest BCUT2D eigenvalue weighted by molar-refractivity contribution is 5.39. The first-order valence-electron chi connectivity index (χ1n) is 10.5. The molecule has 1 saturated carbocycles. The Bertz CT molecular complexity index is 1230. The van der Waals surface area contributed by atoms with Crippen LogP contribution in [0.5, 0.6) is 0 Å². The Morgan fingerprint density at radius 3 is 2.62 bits per heavy atom. The number of rotatable bonds is 6. The summed E-state index contributed by atoms with van der Waals surface area (Å²) in [6.45, 7) is 2.92. The van der Waals surface area contributed by atoms with Crippen molar-refractivity contribution in [2.75, 3.05) is 19.6 Å². The Morgan fingerprint density at radius 1 is 1.16 bits per heavy atom. The minimum Gasteiger partial charge on any atom is -0.302 e. The molecule has 1 aliphatic carbocycles. The number of H-pyrrole nitrogens is 1. The van der Waals surface area contributed by atoms with Gasteiger partial charge in [-0.25, -0.2) is 9.48 Å². The topological polar surface area (TPSA) is 75.9 Å². The van der Waals surface area contributed by atoms with E-state index in [1.165, 1.54) is 27.6 Å². The average molecular weight is 445 g/mol. The zero-order valence-corrected chi connectivity index (χ0v) is 17.2. The maximum Gasteiger partial charge on any atom is 0.416 e. The van der Waals surface area contributed by atoms with Gasteiger partial charge in [0.25, 0.3) is 5.56 Å². The number of nitrogens with zero attached hydrogens (tertiary/aromatic N) is 4. The van der Waals surface area contributed by atoms with Crippen molar-refractivity contribution in [3.8, 4) is 5.69 Å². The number of alkyl halides is 3.